The Morgan fingerprint density at radius 3 is 1.44 bits per heavy atom. The van der Waals surface area contributed by atoms with Crippen molar-refractivity contribution in [2.24, 2.45) is 10.2 Å². The van der Waals surface area contributed by atoms with E-state index in [0.717, 1.165) is 11.1 Å². The highest BCUT2D eigenvalue weighted by molar-refractivity contribution is 6.33. The predicted octanol–water partition coefficient (Wildman–Crippen LogP) is 4.45. The molecule has 2 aromatic rings. The third-order valence-corrected chi connectivity index (χ3v) is 2.96. The van der Waals surface area contributed by atoms with Gasteiger partial charge in [0.05, 0.1) is 12.4 Å². The molecule has 0 spiro atoms. The molecule has 0 aromatic heterocycles. The Morgan fingerprint density at radius 1 is 0.667 bits per heavy atom. The largest absolute Gasteiger partial charge is 0.158 e. The number of nitrogens with zero attached hydrogens (tertiary/aromatic N) is 2. The van der Waals surface area contributed by atoms with Crippen LogP contribution >= 0.6 is 23.2 Å². The summed E-state index contributed by atoms with van der Waals surface area (Å²) in [6.07, 6.45) is 3.21. The van der Waals surface area contributed by atoms with Gasteiger partial charge in [-0.1, -0.05) is 59.6 Å². The van der Waals surface area contributed by atoms with E-state index >= 15 is 0 Å². The molecule has 0 radical (unpaired) electrons. The number of rotatable bonds is 3. The second kappa shape index (κ2) is 6.34. The van der Waals surface area contributed by atoms with Crippen molar-refractivity contribution < 1.29 is 0 Å². The molecule has 0 N–H and O–H groups in total. The maximum Gasteiger partial charge on any atom is 0.0583 e. The zero-order valence-electron chi connectivity index (χ0n) is 9.42. The summed E-state index contributed by atoms with van der Waals surface area (Å²) < 4.78 is 0. The SMILES string of the molecule is Clc1ccccc1/C=N\N=C/c1ccccc1Cl. The fourth-order valence-electron chi connectivity index (χ4n) is 1.35. The van der Waals surface area contributed by atoms with E-state index in [4.69, 9.17) is 23.2 Å². The quantitative estimate of drug-likeness (QED) is 0.585. The van der Waals surface area contributed by atoms with Gasteiger partial charge in [0.2, 0.25) is 0 Å². The lowest BCUT2D eigenvalue weighted by Gasteiger charge is -1.95. The third kappa shape index (κ3) is 3.42. The molecule has 4 heteroatoms. The van der Waals surface area contributed by atoms with Crippen molar-refractivity contribution in [3.05, 3.63) is 69.7 Å². The summed E-state index contributed by atoms with van der Waals surface area (Å²) in [6.45, 7) is 0. The summed E-state index contributed by atoms with van der Waals surface area (Å²) in [4.78, 5) is 0. The monoisotopic (exact) mass is 276 g/mol. The first-order chi connectivity index (χ1) is 8.77. The van der Waals surface area contributed by atoms with Gasteiger partial charge < -0.3 is 0 Å². The number of halogens is 2. The first kappa shape index (κ1) is 12.8. The van der Waals surface area contributed by atoms with Gasteiger partial charge in [-0.25, -0.2) is 0 Å². The molecule has 2 rings (SSSR count). The van der Waals surface area contributed by atoms with Crippen LogP contribution in [0, 0.1) is 0 Å². The van der Waals surface area contributed by atoms with Crippen LogP contribution < -0.4 is 0 Å². The minimum absolute atomic E-state index is 0.647. The lowest BCUT2D eigenvalue weighted by Crippen LogP contribution is -1.83. The number of hydrogen-bond acceptors (Lipinski definition) is 2. The molecule has 0 aliphatic rings. The van der Waals surface area contributed by atoms with E-state index in [-0.39, 0.29) is 0 Å². The van der Waals surface area contributed by atoms with Gasteiger partial charge in [0, 0.05) is 21.2 Å². The summed E-state index contributed by atoms with van der Waals surface area (Å²) in [6, 6.07) is 14.9. The van der Waals surface area contributed by atoms with Crippen LogP contribution in [0.5, 0.6) is 0 Å². The van der Waals surface area contributed by atoms with E-state index in [2.05, 4.69) is 10.2 Å². The van der Waals surface area contributed by atoms with E-state index in [0.29, 0.717) is 10.0 Å². The number of hydrogen-bond donors (Lipinski definition) is 0. The fraction of sp³-hybridized carbons (Fsp3) is 0. The molecule has 0 fully saturated rings. The van der Waals surface area contributed by atoms with Gasteiger partial charge in [-0.15, -0.1) is 0 Å². The lowest BCUT2D eigenvalue weighted by atomic mass is 10.2. The Kier molecular flexibility index (Phi) is 4.51. The van der Waals surface area contributed by atoms with Gasteiger partial charge in [0.15, 0.2) is 0 Å². The minimum Gasteiger partial charge on any atom is -0.158 e. The van der Waals surface area contributed by atoms with Crippen LogP contribution in [-0.2, 0) is 0 Å². The van der Waals surface area contributed by atoms with Gasteiger partial charge in [0.1, 0.15) is 0 Å². The number of benzene rings is 2. The van der Waals surface area contributed by atoms with E-state index in [1.807, 2.05) is 36.4 Å². The first-order valence-corrected chi connectivity index (χ1v) is 6.08. The highest BCUT2D eigenvalue weighted by atomic mass is 35.5. The van der Waals surface area contributed by atoms with Crippen LogP contribution in [0.25, 0.3) is 0 Å². The molecule has 2 nitrogen and oxygen atoms in total. The zero-order valence-corrected chi connectivity index (χ0v) is 10.9. The standard InChI is InChI=1S/C14H10Cl2N2/c15-13-7-3-1-5-11(13)9-17-18-10-12-6-2-4-8-14(12)16/h1-10H/b17-9-,18-10-. The average Bonchev–Trinajstić information content (AvgIpc) is 2.38. The molecule has 0 amide bonds. The summed E-state index contributed by atoms with van der Waals surface area (Å²) in [5.74, 6) is 0. The van der Waals surface area contributed by atoms with Gasteiger partial charge in [-0.3, -0.25) is 0 Å². The van der Waals surface area contributed by atoms with Crippen molar-refractivity contribution in [3.63, 3.8) is 0 Å². The highest BCUT2D eigenvalue weighted by Crippen LogP contribution is 2.13. The van der Waals surface area contributed by atoms with Crippen molar-refractivity contribution in [2.75, 3.05) is 0 Å². The van der Waals surface area contributed by atoms with Crippen molar-refractivity contribution in [1.29, 1.82) is 0 Å². The summed E-state index contributed by atoms with van der Waals surface area (Å²) in [5.41, 5.74) is 1.66. The molecular weight excluding hydrogens is 267 g/mol. The average molecular weight is 277 g/mol. The molecule has 18 heavy (non-hydrogen) atoms. The van der Waals surface area contributed by atoms with Crippen LogP contribution in [0.2, 0.25) is 10.0 Å². The zero-order chi connectivity index (χ0) is 12.8. The van der Waals surface area contributed by atoms with Crippen molar-refractivity contribution in [2.45, 2.75) is 0 Å². The van der Waals surface area contributed by atoms with Crippen LogP contribution in [-0.4, -0.2) is 12.4 Å². The maximum absolute atomic E-state index is 5.98. The van der Waals surface area contributed by atoms with Crippen LogP contribution in [0.3, 0.4) is 0 Å². The Bertz CT molecular complexity index is 538. The highest BCUT2D eigenvalue weighted by Gasteiger charge is 1.94. The van der Waals surface area contributed by atoms with Crippen LogP contribution in [0.1, 0.15) is 11.1 Å². The Morgan fingerprint density at radius 2 is 1.06 bits per heavy atom. The van der Waals surface area contributed by atoms with Crippen molar-refractivity contribution in [3.8, 4) is 0 Å². The molecule has 90 valence electrons. The molecule has 0 bridgehead atoms. The fourth-order valence-corrected chi connectivity index (χ4v) is 1.72. The lowest BCUT2D eigenvalue weighted by molar-refractivity contribution is 1.26. The summed E-state index contributed by atoms with van der Waals surface area (Å²) >= 11 is 12.0. The van der Waals surface area contributed by atoms with E-state index in [1.54, 1.807) is 24.6 Å². The summed E-state index contributed by atoms with van der Waals surface area (Å²) in [7, 11) is 0. The van der Waals surface area contributed by atoms with Gasteiger partial charge in [0.25, 0.3) is 0 Å². The molecule has 0 aliphatic carbocycles. The Balaban J connectivity index is 2.08. The maximum atomic E-state index is 5.98. The topological polar surface area (TPSA) is 24.7 Å². The smallest absolute Gasteiger partial charge is 0.0583 e. The van der Waals surface area contributed by atoms with Gasteiger partial charge in [-0.05, 0) is 12.1 Å². The predicted molar refractivity (Wildman–Crippen MR) is 78.1 cm³/mol. The first-order valence-electron chi connectivity index (χ1n) is 5.33. The molecule has 0 aliphatic heterocycles. The second-order valence-electron chi connectivity index (χ2n) is 3.53. The molecular formula is C14H10Cl2N2. The van der Waals surface area contributed by atoms with Crippen molar-refractivity contribution in [1.82, 2.24) is 0 Å². The molecule has 0 saturated carbocycles. The minimum atomic E-state index is 0.647. The van der Waals surface area contributed by atoms with Gasteiger partial charge in [-0.2, -0.15) is 10.2 Å². The normalized spacial score (nSPS) is 11.4. The van der Waals surface area contributed by atoms with E-state index in [9.17, 15) is 0 Å². The Labute approximate surface area is 116 Å². The molecule has 0 saturated heterocycles. The second-order valence-corrected chi connectivity index (χ2v) is 4.35. The Hall–Kier alpha value is -1.64. The van der Waals surface area contributed by atoms with Gasteiger partial charge >= 0.3 is 0 Å². The third-order valence-electron chi connectivity index (χ3n) is 2.27. The van der Waals surface area contributed by atoms with Crippen LogP contribution in [0.4, 0.5) is 0 Å². The van der Waals surface area contributed by atoms with E-state index < -0.39 is 0 Å². The van der Waals surface area contributed by atoms with E-state index in [1.165, 1.54) is 0 Å². The van der Waals surface area contributed by atoms with Crippen LogP contribution in [0.15, 0.2) is 58.7 Å². The van der Waals surface area contributed by atoms with Crippen molar-refractivity contribution >= 4 is 35.6 Å². The molecule has 2 aromatic carbocycles. The molecule has 0 unspecified atom stereocenters. The molecule has 0 heterocycles. The summed E-state index contributed by atoms with van der Waals surface area (Å²) in [5, 5.41) is 9.18. The molecule has 0 atom stereocenters.